The highest BCUT2D eigenvalue weighted by molar-refractivity contribution is 5.12. The van der Waals surface area contributed by atoms with Gasteiger partial charge < -0.3 is 10.2 Å². The second kappa shape index (κ2) is 6.49. The first-order chi connectivity index (χ1) is 10.1. The van der Waals surface area contributed by atoms with E-state index in [4.69, 9.17) is 0 Å². The van der Waals surface area contributed by atoms with Gasteiger partial charge in [0, 0.05) is 0 Å². The van der Waals surface area contributed by atoms with E-state index in [1.54, 1.807) is 0 Å². The first-order valence-corrected chi connectivity index (χ1v) is 8.85. The highest BCUT2D eigenvalue weighted by Crippen LogP contribution is 2.55. The van der Waals surface area contributed by atoms with Gasteiger partial charge in [0.05, 0.1) is 11.7 Å². The maximum atomic E-state index is 11.0. The van der Waals surface area contributed by atoms with Crippen LogP contribution in [0.4, 0.5) is 0 Å². The number of allylic oxidation sites excluding steroid dienone is 3. The summed E-state index contributed by atoms with van der Waals surface area (Å²) in [6.45, 7) is 10.5. The van der Waals surface area contributed by atoms with E-state index >= 15 is 0 Å². The van der Waals surface area contributed by atoms with Gasteiger partial charge in [-0.2, -0.15) is 0 Å². The fraction of sp³-hybridized carbons (Fsp3) is 0.800. The van der Waals surface area contributed by atoms with Gasteiger partial charge in [-0.1, -0.05) is 30.2 Å². The van der Waals surface area contributed by atoms with Gasteiger partial charge in [0.25, 0.3) is 0 Å². The molecule has 0 radical (unpaired) electrons. The standard InChI is InChI=1S/C20H34O2/c1-14-7-6-8-15(2)13-17(21)18-16(19(3,4)22)10-12-20(18,5)11-9-14/h8-9,16-18,21-22H,6-7,10-13H2,1-5H3. The third kappa shape index (κ3) is 3.83. The molecular formula is C20H34O2. The summed E-state index contributed by atoms with van der Waals surface area (Å²) in [7, 11) is 0. The van der Waals surface area contributed by atoms with Crippen molar-refractivity contribution in [1.82, 2.24) is 0 Å². The molecule has 126 valence electrons. The Bertz CT molecular complexity index is 455. The Kier molecular flexibility index (Phi) is 5.23. The molecule has 0 aromatic heterocycles. The van der Waals surface area contributed by atoms with Crippen molar-refractivity contribution in [3.05, 3.63) is 23.3 Å². The summed E-state index contributed by atoms with van der Waals surface area (Å²) in [6.07, 6.45) is 10.3. The van der Waals surface area contributed by atoms with Crippen molar-refractivity contribution in [3.8, 4) is 0 Å². The lowest BCUT2D eigenvalue weighted by Crippen LogP contribution is -2.43. The minimum Gasteiger partial charge on any atom is -0.392 e. The molecular weight excluding hydrogens is 272 g/mol. The minimum atomic E-state index is -0.722. The molecule has 1 saturated carbocycles. The van der Waals surface area contributed by atoms with Crippen LogP contribution in [0.2, 0.25) is 0 Å². The minimum absolute atomic E-state index is 0.0932. The van der Waals surface area contributed by atoms with Crippen molar-refractivity contribution in [2.45, 2.75) is 84.8 Å². The zero-order valence-corrected chi connectivity index (χ0v) is 15.0. The van der Waals surface area contributed by atoms with Crippen LogP contribution in [0.5, 0.6) is 0 Å². The summed E-state index contributed by atoms with van der Waals surface area (Å²) in [5, 5.41) is 21.6. The highest BCUT2D eigenvalue weighted by Gasteiger charge is 2.52. The van der Waals surface area contributed by atoms with E-state index in [9.17, 15) is 10.2 Å². The van der Waals surface area contributed by atoms with Crippen LogP contribution < -0.4 is 0 Å². The number of hydrogen-bond acceptors (Lipinski definition) is 2. The van der Waals surface area contributed by atoms with Crippen molar-refractivity contribution < 1.29 is 10.2 Å². The maximum absolute atomic E-state index is 11.0. The molecule has 2 rings (SSSR count). The predicted molar refractivity (Wildman–Crippen MR) is 92.6 cm³/mol. The molecule has 22 heavy (non-hydrogen) atoms. The number of fused-ring (bicyclic) bond motifs is 1. The first kappa shape index (κ1) is 17.7. The average molecular weight is 306 g/mol. The SMILES string of the molecule is CC1=CCC2(C)CCC(C(C)(C)O)C2C(O)CC(C)=CCC1. The van der Waals surface area contributed by atoms with Gasteiger partial charge in [0.15, 0.2) is 0 Å². The van der Waals surface area contributed by atoms with Crippen LogP contribution in [0.25, 0.3) is 0 Å². The Hall–Kier alpha value is -0.600. The molecule has 1 fully saturated rings. The summed E-state index contributed by atoms with van der Waals surface area (Å²) < 4.78 is 0. The van der Waals surface area contributed by atoms with Crippen LogP contribution in [0.3, 0.4) is 0 Å². The van der Waals surface area contributed by atoms with E-state index in [-0.39, 0.29) is 23.4 Å². The van der Waals surface area contributed by atoms with E-state index in [1.807, 2.05) is 13.8 Å². The van der Waals surface area contributed by atoms with Crippen LogP contribution in [0.15, 0.2) is 23.3 Å². The molecule has 2 heteroatoms. The monoisotopic (exact) mass is 306 g/mol. The third-order valence-corrected chi connectivity index (χ3v) is 6.07. The van der Waals surface area contributed by atoms with Crippen molar-refractivity contribution in [1.29, 1.82) is 0 Å². The number of aliphatic hydroxyl groups excluding tert-OH is 1. The Morgan fingerprint density at radius 2 is 1.86 bits per heavy atom. The molecule has 0 aliphatic heterocycles. The summed E-state index contributed by atoms with van der Waals surface area (Å²) in [5.41, 5.74) is 2.11. The largest absolute Gasteiger partial charge is 0.392 e. The van der Waals surface area contributed by atoms with E-state index in [0.717, 1.165) is 38.5 Å². The molecule has 0 saturated heterocycles. The molecule has 2 aliphatic carbocycles. The van der Waals surface area contributed by atoms with Gasteiger partial charge in [-0.25, -0.2) is 0 Å². The van der Waals surface area contributed by atoms with Gasteiger partial charge in [-0.05, 0) is 83.5 Å². The molecule has 0 bridgehead atoms. The van der Waals surface area contributed by atoms with Crippen molar-refractivity contribution >= 4 is 0 Å². The van der Waals surface area contributed by atoms with Crippen LogP contribution in [-0.2, 0) is 0 Å². The lowest BCUT2D eigenvalue weighted by atomic mass is 9.67. The van der Waals surface area contributed by atoms with Crippen LogP contribution in [0.1, 0.15) is 73.1 Å². The van der Waals surface area contributed by atoms with Crippen LogP contribution >= 0.6 is 0 Å². The maximum Gasteiger partial charge on any atom is 0.0623 e. The van der Waals surface area contributed by atoms with E-state index in [2.05, 4.69) is 32.9 Å². The zero-order valence-electron chi connectivity index (χ0n) is 15.0. The molecule has 2 nitrogen and oxygen atoms in total. The lowest BCUT2D eigenvalue weighted by molar-refractivity contribution is -0.0586. The topological polar surface area (TPSA) is 40.5 Å². The average Bonchev–Trinajstić information content (AvgIpc) is 2.73. The molecule has 4 unspecified atom stereocenters. The Morgan fingerprint density at radius 3 is 2.50 bits per heavy atom. The lowest BCUT2D eigenvalue weighted by Gasteiger charge is -2.41. The zero-order chi connectivity index (χ0) is 16.5. The predicted octanol–water partition coefficient (Wildman–Crippen LogP) is 4.62. The fourth-order valence-electron chi connectivity index (χ4n) is 4.68. The fourth-order valence-corrected chi connectivity index (χ4v) is 4.68. The molecule has 0 aromatic rings. The number of rotatable bonds is 1. The Labute approximate surface area is 136 Å². The second-order valence-electron chi connectivity index (χ2n) is 8.59. The molecule has 0 amide bonds. The van der Waals surface area contributed by atoms with Crippen molar-refractivity contribution in [2.24, 2.45) is 17.3 Å². The summed E-state index contributed by atoms with van der Waals surface area (Å²) >= 11 is 0. The molecule has 0 heterocycles. The van der Waals surface area contributed by atoms with E-state index in [1.165, 1.54) is 11.1 Å². The van der Waals surface area contributed by atoms with E-state index < -0.39 is 5.60 Å². The van der Waals surface area contributed by atoms with Crippen LogP contribution in [-0.4, -0.2) is 21.9 Å². The first-order valence-electron chi connectivity index (χ1n) is 8.85. The number of aliphatic hydroxyl groups is 2. The number of hydrogen-bond donors (Lipinski definition) is 2. The van der Waals surface area contributed by atoms with Gasteiger partial charge in [-0.15, -0.1) is 0 Å². The van der Waals surface area contributed by atoms with Crippen molar-refractivity contribution in [3.63, 3.8) is 0 Å². The summed E-state index contributed by atoms with van der Waals surface area (Å²) in [4.78, 5) is 0. The molecule has 0 spiro atoms. The van der Waals surface area contributed by atoms with Crippen molar-refractivity contribution in [2.75, 3.05) is 0 Å². The molecule has 2 N–H and O–H groups in total. The summed E-state index contributed by atoms with van der Waals surface area (Å²) in [5.74, 6) is 0.341. The Morgan fingerprint density at radius 1 is 1.18 bits per heavy atom. The molecule has 4 atom stereocenters. The molecule has 0 aromatic carbocycles. The van der Waals surface area contributed by atoms with Gasteiger partial charge in [0.1, 0.15) is 0 Å². The highest BCUT2D eigenvalue weighted by atomic mass is 16.3. The summed E-state index contributed by atoms with van der Waals surface area (Å²) in [6, 6.07) is 0. The second-order valence-corrected chi connectivity index (χ2v) is 8.59. The smallest absolute Gasteiger partial charge is 0.0623 e. The normalized spacial score (nSPS) is 37.9. The molecule has 2 aliphatic rings. The Balaban J connectivity index is 2.37. The van der Waals surface area contributed by atoms with Gasteiger partial charge in [-0.3, -0.25) is 0 Å². The van der Waals surface area contributed by atoms with Gasteiger partial charge in [0.2, 0.25) is 0 Å². The van der Waals surface area contributed by atoms with Gasteiger partial charge >= 0.3 is 0 Å². The third-order valence-electron chi connectivity index (χ3n) is 6.07. The quantitative estimate of drug-likeness (QED) is 0.694. The van der Waals surface area contributed by atoms with Crippen LogP contribution in [0, 0.1) is 17.3 Å². The van der Waals surface area contributed by atoms with E-state index in [0.29, 0.717) is 0 Å².